The summed E-state index contributed by atoms with van der Waals surface area (Å²) in [5, 5.41) is 22.4. The van der Waals surface area contributed by atoms with Gasteiger partial charge in [0.25, 0.3) is 5.69 Å². The lowest BCUT2D eigenvalue weighted by molar-refractivity contribution is -0.385. The van der Waals surface area contributed by atoms with Gasteiger partial charge < -0.3 is 0 Å². The van der Waals surface area contributed by atoms with Crippen LogP contribution in [-0.4, -0.2) is 4.92 Å². The van der Waals surface area contributed by atoms with Crippen LogP contribution in [0.2, 0.25) is 0 Å². The van der Waals surface area contributed by atoms with E-state index in [1.54, 1.807) is 18.2 Å². The standard InChI is InChI=1S/C16H16NO3/c1-11(2)10-15-14(4-3-5-16(15)17(19)20)12-6-8-13(18)9-7-12/h3-9,11H,10H2,1-2H3. The quantitative estimate of drug-likeness (QED) is 0.601. The van der Waals surface area contributed by atoms with E-state index < -0.39 is 0 Å². The van der Waals surface area contributed by atoms with E-state index in [4.69, 9.17) is 0 Å². The molecule has 0 aromatic heterocycles. The number of hydrogen-bond donors (Lipinski definition) is 0. The molecule has 0 saturated carbocycles. The van der Waals surface area contributed by atoms with Crippen molar-refractivity contribution in [1.29, 1.82) is 0 Å². The van der Waals surface area contributed by atoms with Gasteiger partial charge in [0, 0.05) is 11.6 Å². The van der Waals surface area contributed by atoms with Gasteiger partial charge >= 0.3 is 0 Å². The number of nitrogens with zero attached hydrogens (tertiary/aromatic N) is 1. The van der Waals surface area contributed by atoms with Crippen LogP contribution in [-0.2, 0) is 11.5 Å². The minimum Gasteiger partial charge on any atom is -0.290 e. The molecule has 0 amide bonds. The zero-order valence-electron chi connectivity index (χ0n) is 11.5. The molecular formula is C16H16NO3. The third-order valence-corrected chi connectivity index (χ3v) is 3.13. The first kappa shape index (κ1) is 14.1. The van der Waals surface area contributed by atoms with Gasteiger partial charge in [-0.1, -0.05) is 38.1 Å². The summed E-state index contributed by atoms with van der Waals surface area (Å²) in [5.41, 5.74) is 2.53. The third-order valence-electron chi connectivity index (χ3n) is 3.13. The number of nitro benzene ring substituents is 1. The van der Waals surface area contributed by atoms with E-state index in [1.165, 1.54) is 18.2 Å². The van der Waals surface area contributed by atoms with Gasteiger partial charge in [-0.05, 0) is 35.6 Å². The third kappa shape index (κ3) is 2.96. The Morgan fingerprint density at radius 2 is 1.75 bits per heavy atom. The molecule has 2 aromatic rings. The highest BCUT2D eigenvalue weighted by Crippen LogP contribution is 2.33. The maximum Gasteiger partial charge on any atom is 0.273 e. The normalized spacial score (nSPS) is 10.8. The highest BCUT2D eigenvalue weighted by Gasteiger charge is 2.19. The van der Waals surface area contributed by atoms with Gasteiger partial charge in [0.1, 0.15) is 0 Å². The summed E-state index contributed by atoms with van der Waals surface area (Å²) in [5.74, 6) is 0.248. The van der Waals surface area contributed by atoms with Gasteiger partial charge in [-0.2, -0.15) is 0 Å². The highest BCUT2D eigenvalue weighted by molar-refractivity contribution is 5.72. The number of benzene rings is 2. The molecule has 1 radical (unpaired) electrons. The van der Waals surface area contributed by atoms with Crippen LogP contribution in [0.5, 0.6) is 5.75 Å². The van der Waals surface area contributed by atoms with Crippen LogP contribution in [0.25, 0.3) is 11.1 Å². The maximum atomic E-state index is 11.2. The van der Waals surface area contributed by atoms with Gasteiger partial charge in [-0.25, -0.2) is 0 Å². The van der Waals surface area contributed by atoms with Gasteiger partial charge in [-0.15, -0.1) is 0 Å². The first-order chi connectivity index (χ1) is 9.49. The minimum atomic E-state index is -0.344. The maximum absolute atomic E-state index is 11.2. The van der Waals surface area contributed by atoms with Crippen molar-refractivity contribution in [3.05, 3.63) is 58.1 Å². The van der Waals surface area contributed by atoms with Gasteiger partial charge in [0.2, 0.25) is 0 Å². The lowest BCUT2D eigenvalue weighted by Gasteiger charge is -2.12. The molecule has 0 aliphatic heterocycles. The van der Waals surface area contributed by atoms with E-state index in [0.717, 1.165) is 16.7 Å². The first-order valence-corrected chi connectivity index (χ1v) is 6.52. The van der Waals surface area contributed by atoms with Crippen molar-refractivity contribution in [3.8, 4) is 16.9 Å². The monoisotopic (exact) mass is 270 g/mol. The SMILES string of the molecule is CC(C)Cc1c(-c2ccc([O])cc2)cccc1[N+](=O)[O-]. The van der Waals surface area contributed by atoms with Crippen LogP contribution < -0.4 is 0 Å². The summed E-state index contributed by atoms with van der Waals surface area (Å²) in [6, 6.07) is 11.5. The molecule has 2 rings (SSSR count). The summed E-state index contributed by atoms with van der Waals surface area (Å²) in [4.78, 5) is 10.9. The van der Waals surface area contributed by atoms with Crippen LogP contribution >= 0.6 is 0 Å². The van der Waals surface area contributed by atoms with Gasteiger partial charge in [0.15, 0.2) is 5.75 Å². The zero-order valence-corrected chi connectivity index (χ0v) is 11.5. The van der Waals surface area contributed by atoms with Crippen molar-refractivity contribution in [2.24, 2.45) is 5.92 Å². The molecule has 0 heterocycles. The molecule has 0 unspecified atom stereocenters. The Morgan fingerprint density at radius 3 is 2.30 bits per heavy atom. The largest absolute Gasteiger partial charge is 0.290 e. The van der Waals surface area contributed by atoms with E-state index in [-0.39, 0.29) is 16.4 Å². The molecule has 0 fully saturated rings. The number of nitro groups is 1. The molecule has 2 aromatic carbocycles. The molecule has 20 heavy (non-hydrogen) atoms. The van der Waals surface area contributed by atoms with E-state index in [1.807, 2.05) is 19.9 Å². The lowest BCUT2D eigenvalue weighted by atomic mass is 9.92. The second-order valence-corrected chi connectivity index (χ2v) is 5.18. The van der Waals surface area contributed by atoms with Crippen LogP contribution in [0.4, 0.5) is 5.69 Å². The molecule has 0 spiro atoms. The molecule has 0 N–H and O–H groups in total. The van der Waals surface area contributed by atoms with Crippen molar-refractivity contribution in [2.75, 3.05) is 0 Å². The summed E-state index contributed by atoms with van der Waals surface area (Å²) in [7, 11) is 0. The average molecular weight is 270 g/mol. The molecule has 0 atom stereocenters. The molecular weight excluding hydrogens is 254 g/mol. The lowest BCUT2D eigenvalue weighted by Crippen LogP contribution is -2.02. The fourth-order valence-electron chi connectivity index (χ4n) is 2.27. The van der Waals surface area contributed by atoms with Gasteiger partial charge in [-0.3, -0.25) is 15.2 Å². The van der Waals surface area contributed by atoms with Crippen molar-refractivity contribution >= 4 is 5.69 Å². The predicted molar refractivity (Wildman–Crippen MR) is 77.2 cm³/mol. The Kier molecular flexibility index (Phi) is 4.03. The Labute approximate surface area is 117 Å². The summed E-state index contributed by atoms with van der Waals surface area (Å²) < 4.78 is 0. The molecule has 0 saturated heterocycles. The van der Waals surface area contributed by atoms with Crippen LogP contribution in [0.1, 0.15) is 19.4 Å². The number of hydrogen-bond acceptors (Lipinski definition) is 2. The Hall–Kier alpha value is -2.36. The van der Waals surface area contributed by atoms with Crippen LogP contribution in [0, 0.1) is 16.0 Å². The molecule has 0 aliphatic carbocycles. The smallest absolute Gasteiger partial charge is 0.273 e. The van der Waals surface area contributed by atoms with Crippen molar-refractivity contribution in [3.63, 3.8) is 0 Å². The van der Waals surface area contributed by atoms with Crippen LogP contribution in [0.3, 0.4) is 0 Å². The van der Waals surface area contributed by atoms with Crippen molar-refractivity contribution < 1.29 is 10.0 Å². The van der Waals surface area contributed by atoms with E-state index in [0.29, 0.717) is 12.3 Å². The second kappa shape index (κ2) is 5.74. The molecule has 4 nitrogen and oxygen atoms in total. The highest BCUT2D eigenvalue weighted by atomic mass is 16.6. The fourth-order valence-corrected chi connectivity index (χ4v) is 2.27. The van der Waals surface area contributed by atoms with E-state index in [2.05, 4.69) is 0 Å². The molecule has 4 heteroatoms. The van der Waals surface area contributed by atoms with E-state index in [9.17, 15) is 15.2 Å². The topological polar surface area (TPSA) is 63.0 Å². The Bertz CT molecular complexity index is 618. The zero-order chi connectivity index (χ0) is 14.7. The fraction of sp³-hybridized carbons (Fsp3) is 0.250. The summed E-state index contributed by atoms with van der Waals surface area (Å²) in [6.07, 6.45) is 0.631. The van der Waals surface area contributed by atoms with Crippen molar-refractivity contribution in [2.45, 2.75) is 20.3 Å². The first-order valence-electron chi connectivity index (χ1n) is 6.52. The Morgan fingerprint density at radius 1 is 1.10 bits per heavy atom. The van der Waals surface area contributed by atoms with E-state index >= 15 is 0 Å². The summed E-state index contributed by atoms with van der Waals surface area (Å²) >= 11 is 0. The molecule has 103 valence electrons. The van der Waals surface area contributed by atoms with Crippen molar-refractivity contribution in [1.82, 2.24) is 0 Å². The molecule has 0 bridgehead atoms. The van der Waals surface area contributed by atoms with Gasteiger partial charge in [0.05, 0.1) is 4.92 Å². The minimum absolute atomic E-state index is 0.0652. The Balaban J connectivity index is 2.59. The predicted octanol–water partition coefficient (Wildman–Crippen LogP) is 4.60. The average Bonchev–Trinajstić information content (AvgIpc) is 2.39. The number of rotatable bonds is 4. The van der Waals surface area contributed by atoms with Crippen LogP contribution in [0.15, 0.2) is 42.5 Å². The molecule has 0 aliphatic rings. The summed E-state index contributed by atoms with van der Waals surface area (Å²) in [6.45, 7) is 4.06. The second-order valence-electron chi connectivity index (χ2n) is 5.18.